The molecule has 1 amide bonds. The molecule has 1 aliphatic heterocycles. The predicted molar refractivity (Wildman–Crippen MR) is 99.6 cm³/mol. The molecule has 1 N–H and O–H groups in total. The molecule has 1 unspecified atom stereocenters. The van der Waals surface area contributed by atoms with Gasteiger partial charge in [-0.25, -0.2) is 0 Å². The molecule has 1 aliphatic rings. The first kappa shape index (κ1) is 19.1. The molecule has 0 saturated carbocycles. The monoisotopic (exact) mass is 371 g/mol. The molecular weight excluding hydrogens is 346 g/mol. The maximum absolute atomic E-state index is 13.0. The largest absolute Gasteiger partial charge is 0.481 e. The Balaban J connectivity index is 1.80. The van der Waals surface area contributed by atoms with E-state index in [0.717, 1.165) is 11.3 Å². The van der Waals surface area contributed by atoms with Crippen molar-refractivity contribution in [3.05, 3.63) is 53.3 Å². The number of aromatic nitrogens is 2. The number of hydrogen-bond donors (Lipinski definition) is 1. The van der Waals surface area contributed by atoms with Crippen LogP contribution in [0, 0.1) is 5.41 Å². The van der Waals surface area contributed by atoms with Gasteiger partial charge in [-0.2, -0.15) is 5.10 Å². The van der Waals surface area contributed by atoms with Crippen LogP contribution in [0.15, 0.2) is 36.5 Å². The average Bonchev–Trinajstić information content (AvgIpc) is 3.27. The number of carbonyl (C=O) groups is 2. The lowest BCUT2D eigenvalue weighted by molar-refractivity contribution is -0.151. The van der Waals surface area contributed by atoms with Crippen LogP contribution in [0.2, 0.25) is 0 Å². The number of amides is 1. The van der Waals surface area contributed by atoms with Crippen molar-refractivity contribution < 1.29 is 19.4 Å². The minimum atomic E-state index is -1.03. The first-order chi connectivity index (χ1) is 13.0. The first-order valence-electron chi connectivity index (χ1n) is 9.11. The van der Waals surface area contributed by atoms with Gasteiger partial charge in [0.1, 0.15) is 5.41 Å². The standard InChI is InChI=1S/C20H25N3O4/c1-3-17-16(11-21-23(17)12-15-7-5-4-6-8-15)18(24)22-10-9-20(13-22,14-27-2)19(25)26/h4-8,11H,3,9-10,12-14H2,1-2H3,(H,25,26). The fraction of sp³-hybridized carbons (Fsp3) is 0.450. The zero-order valence-corrected chi connectivity index (χ0v) is 15.7. The van der Waals surface area contributed by atoms with Crippen molar-refractivity contribution in [2.45, 2.75) is 26.3 Å². The second-order valence-electron chi connectivity index (χ2n) is 7.00. The van der Waals surface area contributed by atoms with Crippen LogP contribution in [0.4, 0.5) is 0 Å². The quantitative estimate of drug-likeness (QED) is 0.805. The molecule has 1 fully saturated rings. The predicted octanol–water partition coefficient (Wildman–Crippen LogP) is 2.06. The topological polar surface area (TPSA) is 84.7 Å². The Morgan fingerprint density at radius 3 is 2.67 bits per heavy atom. The number of carboxylic acid groups (broad SMARTS) is 1. The minimum absolute atomic E-state index is 0.0972. The number of hydrogen-bond acceptors (Lipinski definition) is 4. The summed E-state index contributed by atoms with van der Waals surface area (Å²) in [5.74, 6) is -1.08. The van der Waals surface area contributed by atoms with Crippen molar-refractivity contribution in [1.82, 2.24) is 14.7 Å². The molecule has 1 atom stereocenters. The second kappa shape index (κ2) is 7.92. The van der Waals surface area contributed by atoms with Gasteiger partial charge in [0.05, 0.1) is 30.6 Å². The van der Waals surface area contributed by atoms with Gasteiger partial charge in [0.15, 0.2) is 0 Å². The molecule has 2 aromatic rings. The fourth-order valence-corrected chi connectivity index (χ4v) is 3.70. The maximum Gasteiger partial charge on any atom is 0.313 e. The smallest absolute Gasteiger partial charge is 0.313 e. The summed E-state index contributed by atoms with van der Waals surface area (Å²) in [4.78, 5) is 26.4. The van der Waals surface area contributed by atoms with Crippen LogP contribution in [0.3, 0.4) is 0 Å². The molecule has 2 heterocycles. The Hall–Kier alpha value is -2.67. The molecule has 0 radical (unpaired) electrons. The van der Waals surface area contributed by atoms with Gasteiger partial charge in [0, 0.05) is 20.2 Å². The van der Waals surface area contributed by atoms with Gasteiger partial charge in [0.2, 0.25) is 0 Å². The Morgan fingerprint density at radius 2 is 2.04 bits per heavy atom. The number of aliphatic carboxylic acids is 1. The number of likely N-dealkylation sites (tertiary alicyclic amines) is 1. The Bertz CT molecular complexity index is 818. The van der Waals surface area contributed by atoms with E-state index in [4.69, 9.17) is 4.74 Å². The molecule has 7 nitrogen and oxygen atoms in total. The number of ether oxygens (including phenoxy) is 1. The van der Waals surface area contributed by atoms with E-state index in [0.29, 0.717) is 31.5 Å². The van der Waals surface area contributed by atoms with E-state index in [2.05, 4.69) is 5.10 Å². The van der Waals surface area contributed by atoms with Crippen LogP contribution in [0.1, 0.15) is 35.0 Å². The van der Waals surface area contributed by atoms with Gasteiger partial charge < -0.3 is 14.7 Å². The highest BCUT2D eigenvalue weighted by molar-refractivity contribution is 5.96. The number of carboxylic acids is 1. The van der Waals surface area contributed by atoms with Gasteiger partial charge in [-0.05, 0) is 18.4 Å². The zero-order valence-electron chi connectivity index (χ0n) is 15.7. The number of rotatable bonds is 7. The van der Waals surface area contributed by atoms with Crippen LogP contribution in [-0.4, -0.2) is 58.5 Å². The van der Waals surface area contributed by atoms with Crippen molar-refractivity contribution in [2.75, 3.05) is 26.8 Å². The van der Waals surface area contributed by atoms with Crippen LogP contribution >= 0.6 is 0 Å². The summed E-state index contributed by atoms with van der Waals surface area (Å²) in [6, 6.07) is 9.96. The van der Waals surface area contributed by atoms with E-state index in [1.54, 1.807) is 11.1 Å². The van der Waals surface area contributed by atoms with Crippen LogP contribution in [-0.2, 0) is 22.5 Å². The molecule has 0 aliphatic carbocycles. The van der Waals surface area contributed by atoms with Crippen molar-refractivity contribution in [3.8, 4) is 0 Å². The summed E-state index contributed by atoms with van der Waals surface area (Å²) < 4.78 is 6.95. The van der Waals surface area contributed by atoms with Gasteiger partial charge in [0.25, 0.3) is 5.91 Å². The van der Waals surface area contributed by atoms with E-state index >= 15 is 0 Å². The zero-order chi connectivity index (χ0) is 19.4. The van der Waals surface area contributed by atoms with E-state index in [1.165, 1.54) is 7.11 Å². The lowest BCUT2D eigenvalue weighted by Gasteiger charge is -2.23. The first-order valence-corrected chi connectivity index (χ1v) is 9.11. The minimum Gasteiger partial charge on any atom is -0.481 e. The number of carbonyl (C=O) groups excluding carboxylic acids is 1. The Labute approximate surface area is 158 Å². The summed E-state index contributed by atoms with van der Waals surface area (Å²) in [6.07, 6.45) is 2.66. The van der Waals surface area contributed by atoms with Crippen molar-refractivity contribution >= 4 is 11.9 Å². The highest BCUT2D eigenvalue weighted by Crippen LogP contribution is 2.32. The van der Waals surface area contributed by atoms with Gasteiger partial charge in [-0.1, -0.05) is 37.3 Å². The van der Waals surface area contributed by atoms with Crippen LogP contribution in [0.5, 0.6) is 0 Å². The van der Waals surface area contributed by atoms with Gasteiger partial charge >= 0.3 is 5.97 Å². The molecule has 1 saturated heterocycles. The molecule has 3 rings (SSSR count). The number of nitrogens with zero attached hydrogens (tertiary/aromatic N) is 3. The van der Waals surface area contributed by atoms with E-state index in [-0.39, 0.29) is 19.1 Å². The highest BCUT2D eigenvalue weighted by Gasteiger charge is 2.46. The molecule has 0 spiro atoms. The highest BCUT2D eigenvalue weighted by atomic mass is 16.5. The van der Waals surface area contributed by atoms with Crippen molar-refractivity contribution in [1.29, 1.82) is 0 Å². The molecule has 144 valence electrons. The van der Waals surface area contributed by atoms with E-state index in [1.807, 2.05) is 41.9 Å². The molecule has 1 aromatic carbocycles. The third-order valence-corrected chi connectivity index (χ3v) is 5.20. The molecule has 1 aromatic heterocycles. The Morgan fingerprint density at radius 1 is 1.30 bits per heavy atom. The summed E-state index contributed by atoms with van der Waals surface area (Å²) in [5, 5.41) is 14.0. The van der Waals surface area contributed by atoms with Crippen molar-refractivity contribution in [3.63, 3.8) is 0 Å². The summed E-state index contributed by atoms with van der Waals surface area (Å²) >= 11 is 0. The van der Waals surface area contributed by atoms with Gasteiger partial charge in [-0.15, -0.1) is 0 Å². The maximum atomic E-state index is 13.0. The molecule has 27 heavy (non-hydrogen) atoms. The van der Waals surface area contributed by atoms with Gasteiger partial charge in [-0.3, -0.25) is 14.3 Å². The number of methoxy groups -OCH3 is 1. The third kappa shape index (κ3) is 3.73. The molecular formula is C20H25N3O4. The SMILES string of the molecule is CCc1c(C(=O)N2CCC(COC)(C(=O)O)C2)cnn1Cc1ccccc1. The normalized spacial score (nSPS) is 19.4. The van der Waals surface area contributed by atoms with E-state index < -0.39 is 11.4 Å². The fourth-order valence-electron chi connectivity index (χ4n) is 3.70. The lowest BCUT2D eigenvalue weighted by Crippen LogP contribution is -2.40. The summed E-state index contributed by atoms with van der Waals surface area (Å²) in [7, 11) is 1.48. The molecule has 7 heteroatoms. The lowest BCUT2D eigenvalue weighted by atomic mass is 9.88. The number of benzene rings is 1. The summed E-state index contributed by atoms with van der Waals surface area (Å²) in [6.45, 7) is 3.25. The third-order valence-electron chi connectivity index (χ3n) is 5.20. The Kier molecular flexibility index (Phi) is 5.60. The second-order valence-corrected chi connectivity index (χ2v) is 7.00. The van der Waals surface area contributed by atoms with E-state index in [9.17, 15) is 14.7 Å². The van der Waals surface area contributed by atoms with Crippen molar-refractivity contribution in [2.24, 2.45) is 5.41 Å². The molecule has 0 bridgehead atoms. The van der Waals surface area contributed by atoms with Crippen LogP contribution in [0.25, 0.3) is 0 Å². The average molecular weight is 371 g/mol. The van der Waals surface area contributed by atoms with Crippen LogP contribution < -0.4 is 0 Å². The summed E-state index contributed by atoms with van der Waals surface area (Å²) in [5.41, 5.74) is 1.49.